The second kappa shape index (κ2) is 12.2. The molecule has 2 aromatic carbocycles. The molecule has 0 saturated carbocycles. The van der Waals surface area contributed by atoms with Gasteiger partial charge in [0, 0.05) is 32.5 Å². The first kappa shape index (κ1) is 22.9. The lowest BCUT2D eigenvalue weighted by molar-refractivity contribution is 0.374. The maximum Gasteiger partial charge on any atom is 0.228 e. The number of hydrogen-bond acceptors (Lipinski definition) is 4. The van der Waals surface area contributed by atoms with Crippen molar-refractivity contribution >= 4 is 29.9 Å². The average molecular weight is 505 g/mol. The molecule has 29 heavy (non-hydrogen) atoms. The van der Waals surface area contributed by atoms with E-state index in [-0.39, 0.29) is 24.0 Å². The largest absolute Gasteiger partial charge is 0.356 e. The summed E-state index contributed by atoms with van der Waals surface area (Å²) in [5, 5.41) is 10.5. The van der Waals surface area contributed by atoms with Crippen LogP contribution in [0.2, 0.25) is 0 Å². The Balaban J connectivity index is 0.00000300. The normalized spacial score (nSPS) is 11.2. The Hall–Kier alpha value is -2.42. The number of nitrogens with one attached hydrogen (secondary N) is 2. The van der Waals surface area contributed by atoms with Crippen molar-refractivity contribution in [2.45, 2.75) is 25.7 Å². The van der Waals surface area contributed by atoms with E-state index in [1.165, 1.54) is 11.1 Å². The van der Waals surface area contributed by atoms with Crippen LogP contribution in [0.25, 0.3) is 0 Å². The van der Waals surface area contributed by atoms with Crippen LogP contribution in [0.5, 0.6) is 0 Å². The Morgan fingerprint density at radius 1 is 0.966 bits per heavy atom. The summed E-state index contributed by atoms with van der Waals surface area (Å²) in [6, 6.07) is 21.3. The van der Waals surface area contributed by atoms with E-state index in [1.807, 2.05) is 6.92 Å². The van der Waals surface area contributed by atoms with E-state index in [2.05, 4.69) is 86.4 Å². The third-order valence-electron chi connectivity index (χ3n) is 4.55. The first-order chi connectivity index (χ1) is 13.8. The summed E-state index contributed by atoms with van der Waals surface area (Å²) >= 11 is 0. The van der Waals surface area contributed by atoms with Crippen LogP contribution in [-0.2, 0) is 6.42 Å². The molecule has 0 aliphatic heterocycles. The van der Waals surface area contributed by atoms with E-state index < -0.39 is 0 Å². The molecular weight excluding hydrogens is 477 g/mol. The molecule has 0 aliphatic rings. The van der Waals surface area contributed by atoms with Crippen molar-refractivity contribution in [2.75, 3.05) is 20.1 Å². The van der Waals surface area contributed by atoms with Crippen LogP contribution < -0.4 is 10.6 Å². The monoisotopic (exact) mass is 505 g/mol. The lowest BCUT2D eigenvalue weighted by atomic mass is 9.88. The molecule has 0 amide bonds. The summed E-state index contributed by atoms with van der Waals surface area (Å²) in [5.74, 6) is 2.41. The molecule has 6 nitrogen and oxygen atoms in total. The van der Waals surface area contributed by atoms with Crippen molar-refractivity contribution in [1.29, 1.82) is 0 Å². The van der Waals surface area contributed by atoms with E-state index in [0.29, 0.717) is 30.6 Å². The van der Waals surface area contributed by atoms with Gasteiger partial charge in [-0.25, -0.2) is 0 Å². The Morgan fingerprint density at radius 3 is 2.07 bits per heavy atom. The Labute approximate surface area is 189 Å². The van der Waals surface area contributed by atoms with Crippen LogP contribution in [0.4, 0.5) is 0 Å². The molecule has 2 N–H and O–H groups in total. The van der Waals surface area contributed by atoms with Gasteiger partial charge >= 0.3 is 0 Å². The highest BCUT2D eigenvalue weighted by molar-refractivity contribution is 14.0. The maximum atomic E-state index is 5.13. The van der Waals surface area contributed by atoms with Gasteiger partial charge in [0.25, 0.3) is 0 Å². The summed E-state index contributed by atoms with van der Waals surface area (Å²) in [6.45, 7) is 3.31. The van der Waals surface area contributed by atoms with Gasteiger partial charge in [0.1, 0.15) is 0 Å². The zero-order chi connectivity index (χ0) is 19.6. The number of aromatic nitrogens is 2. The first-order valence-electron chi connectivity index (χ1n) is 9.60. The van der Waals surface area contributed by atoms with Crippen LogP contribution in [0.15, 0.2) is 70.2 Å². The number of aliphatic imine (C=N–C) groups is 1. The van der Waals surface area contributed by atoms with E-state index in [4.69, 9.17) is 4.52 Å². The highest BCUT2D eigenvalue weighted by Gasteiger charge is 2.13. The van der Waals surface area contributed by atoms with E-state index >= 15 is 0 Å². The topological polar surface area (TPSA) is 75.3 Å². The van der Waals surface area contributed by atoms with Crippen molar-refractivity contribution in [3.63, 3.8) is 0 Å². The summed E-state index contributed by atoms with van der Waals surface area (Å²) in [5.41, 5.74) is 2.65. The highest BCUT2D eigenvalue weighted by atomic mass is 127. The number of hydrogen-bond donors (Lipinski definition) is 2. The fourth-order valence-corrected chi connectivity index (χ4v) is 3.18. The molecule has 1 aromatic heterocycles. The Morgan fingerprint density at radius 2 is 1.55 bits per heavy atom. The molecule has 0 spiro atoms. The smallest absolute Gasteiger partial charge is 0.228 e. The van der Waals surface area contributed by atoms with Gasteiger partial charge in [0.15, 0.2) is 11.8 Å². The van der Waals surface area contributed by atoms with Gasteiger partial charge in [-0.2, -0.15) is 4.98 Å². The standard InChI is InChI=1S/C22H27N5O.HI/c1-17-26-21(28-27-17)14-16-25-22(23-2)24-15-13-20(18-9-5-3-6-10-18)19-11-7-4-8-12-19;/h3-12,20H,13-16H2,1-2H3,(H2,23,24,25);1H. The van der Waals surface area contributed by atoms with Gasteiger partial charge in [0.2, 0.25) is 5.89 Å². The molecular formula is C22H28IN5O. The predicted octanol–water partition coefficient (Wildman–Crippen LogP) is 3.93. The third kappa shape index (κ3) is 7.16. The summed E-state index contributed by atoms with van der Waals surface area (Å²) in [7, 11) is 1.78. The minimum absolute atomic E-state index is 0. The molecule has 7 heteroatoms. The van der Waals surface area contributed by atoms with Gasteiger partial charge in [-0.15, -0.1) is 24.0 Å². The molecule has 0 unspecified atom stereocenters. The summed E-state index contributed by atoms with van der Waals surface area (Å²) < 4.78 is 5.13. The number of benzene rings is 2. The van der Waals surface area contributed by atoms with Crippen molar-refractivity contribution in [2.24, 2.45) is 4.99 Å². The number of nitrogens with zero attached hydrogens (tertiary/aromatic N) is 3. The Kier molecular flexibility index (Phi) is 9.63. The zero-order valence-corrected chi connectivity index (χ0v) is 19.2. The molecule has 0 bridgehead atoms. The maximum absolute atomic E-state index is 5.13. The van der Waals surface area contributed by atoms with Crippen LogP contribution in [0.3, 0.4) is 0 Å². The molecule has 0 saturated heterocycles. The van der Waals surface area contributed by atoms with Crippen LogP contribution in [0, 0.1) is 6.92 Å². The van der Waals surface area contributed by atoms with Gasteiger partial charge in [-0.3, -0.25) is 4.99 Å². The lowest BCUT2D eigenvalue weighted by Gasteiger charge is -2.19. The molecule has 0 aliphatic carbocycles. The molecule has 154 valence electrons. The molecule has 3 aromatic rings. The van der Waals surface area contributed by atoms with Crippen LogP contribution in [0.1, 0.15) is 35.2 Å². The minimum Gasteiger partial charge on any atom is -0.356 e. The molecule has 3 rings (SSSR count). The number of halogens is 1. The fourth-order valence-electron chi connectivity index (χ4n) is 3.18. The zero-order valence-electron chi connectivity index (χ0n) is 16.8. The molecule has 0 fully saturated rings. The summed E-state index contributed by atoms with van der Waals surface area (Å²) in [4.78, 5) is 8.50. The van der Waals surface area contributed by atoms with Crippen molar-refractivity contribution in [3.8, 4) is 0 Å². The fraction of sp³-hybridized carbons (Fsp3) is 0.318. The second-order valence-corrected chi connectivity index (χ2v) is 6.57. The first-order valence-corrected chi connectivity index (χ1v) is 9.60. The highest BCUT2D eigenvalue weighted by Crippen LogP contribution is 2.27. The second-order valence-electron chi connectivity index (χ2n) is 6.57. The van der Waals surface area contributed by atoms with E-state index in [0.717, 1.165) is 18.9 Å². The lowest BCUT2D eigenvalue weighted by Crippen LogP contribution is -2.39. The van der Waals surface area contributed by atoms with Gasteiger partial charge in [-0.05, 0) is 24.5 Å². The Bertz CT molecular complexity index is 828. The number of guanidine groups is 1. The number of rotatable bonds is 8. The third-order valence-corrected chi connectivity index (χ3v) is 4.55. The quantitative estimate of drug-likeness (QED) is 0.276. The molecule has 1 heterocycles. The van der Waals surface area contributed by atoms with Gasteiger partial charge in [0.05, 0.1) is 0 Å². The van der Waals surface area contributed by atoms with E-state index in [1.54, 1.807) is 7.05 Å². The molecule has 0 radical (unpaired) electrons. The number of aryl methyl sites for hydroxylation is 1. The van der Waals surface area contributed by atoms with Gasteiger partial charge in [-0.1, -0.05) is 65.8 Å². The van der Waals surface area contributed by atoms with E-state index in [9.17, 15) is 0 Å². The molecule has 0 atom stereocenters. The average Bonchev–Trinajstić information content (AvgIpc) is 3.16. The minimum atomic E-state index is 0. The van der Waals surface area contributed by atoms with Crippen LogP contribution >= 0.6 is 24.0 Å². The SMILES string of the molecule is CN=C(NCCc1nc(C)no1)NCCC(c1ccccc1)c1ccccc1.I. The van der Waals surface area contributed by atoms with Crippen molar-refractivity contribution in [3.05, 3.63) is 83.5 Å². The predicted molar refractivity (Wildman–Crippen MR) is 127 cm³/mol. The van der Waals surface area contributed by atoms with Crippen molar-refractivity contribution < 1.29 is 4.52 Å². The van der Waals surface area contributed by atoms with Crippen LogP contribution in [-0.4, -0.2) is 36.2 Å². The van der Waals surface area contributed by atoms with Crippen molar-refractivity contribution in [1.82, 2.24) is 20.8 Å². The van der Waals surface area contributed by atoms with Gasteiger partial charge < -0.3 is 15.2 Å². The summed E-state index contributed by atoms with van der Waals surface area (Å²) in [6.07, 6.45) is 1.63.